The molecule has 3 heterocycles. The molecule has 3 aromatic heterocycles. The molecule has 7 heteroatoms. The molecule has 0 aliphatic heterocycles. The Morgan fingerprint density at radius 3 is 2.70 bits per heavy atom. The lowest BCUT2D eigenvalue weighted by molar-refractivity contribution is 0.619. The molecule has 6 nitrogen and oxygen atoms in total. The molecule has 1 atom stereocenters. The van der Waals surface area contributed by atoms with Gasteiger partial charge in [-0.2, -0.15) is 14.6 Å². The van der Waals surface area contributed by atoms with Crippen LogP contribution in [0.2, 0.25) is 5.02 Å². The second kappa shape index (κ2) is 5.17. The van der Waals surface area contributed by atoms with Crippen molar-refractivity contribution in [1.82, 2.24) is 24.1 Å². The Hall–Kier alpha value is -2.73. The third-order valence-electron chi connectivity index (χ3n) is 3.97. The van der Waals surface area contributed by atoms with Crippen molar-refractivity contribution in [3.8, 4) is 0 Å². The summed E-state index contributed by atoms with van der Waals surface area (Å²) in [5.74, 6) is 0.473. The number of hydrogen-bond acceptors (Lipinski definition) is 4. The highest BCUT2D eigenvalue weighted by Gasteiger charge is 2.13. The summed E-state index contributed by atoms with van der Waals surface area (Å²) in [5, 5.41) is 5.29. The van der Waals surface area contributed by atoms with Crippen molar-refractivity contribution in [2.45, 2.75) is 13.0 Å². The molecule has 0 N–H and O–H groups in total. The van der Waals surface area contributed by atoms with E-state index in [1.54, 1.807) is 21.5 Å². The van der Waals surface area contributed by atoms with Crippen LogP contribution in [0.5, 0.6) is 0 Å². The van der Waals surface area contributed by atoms with Crippen LogP contribution in [0.1, 0.15) is 18.5 Å². The Kier molecular flexibility index (Phi) is 3.12. The van der Waals surface area contributed by atoms with Crippen molar-refractivity contribution in [1.29, 1.82) is 0 Å². The van der Waals surface area contributed by atoms with Gasteiger partial charge in [-0.1, -0.05) is 23.7 Å². The first-order valence-electron chi connectivity index (χ1n) is 7.10. The predicted molar refractivity (Wildman–Crippen MR) is 87.8 cm³/mol. The van der Waals surface area contributed by atoms with Crippen LogP contribution in [-0.2, 0) is 0 Å². The molecule has 0 bridgehead atoms. The summed E-state index contributed by atoms with van der Waals surface area (Å²) in [4.78, 5) is 21.0. The molecule has 1 aromatic carbocycles. The first-order valence-corrected chi connectivity index (χ1v) is 7.48. The molecule has 4 rings (SSSR count). The standard InChI is InChI=1S/C16H12ClN5O/c1-10(11-2-4-12(17)5-3-11)21-7-6-14-13(15(21)23)8-18-16-19-9-20-22(14)16/h2-10H,1H3. The van der Waals surface area contributed by atoms with E-state index in [9.17, 15) is 4.79 Å². The van der Waals surface area contributed by atoms with Gasteiger partial charge in [-0.05, 0) is 30.7 Å². The number of pyridine rings is 1. The van der Waals surface area contributed by atoms with E-state index in [1.165, 1.54) is 6.33 Å². The maximum atomic E-state index is 12.8. The second-order valence-corrected chi connectivity index (χ2v) is 5.72. The van der Waals surface area contributed by atoms with Crippen LogP contribution in [-0.4, -0.2) is 24.1 Å². The minimum Gasteiger partial charge on any atom is -0.308 e. The minimum atomic E-state index is -0.116. The van der Waals surface area contributed by atoms with E-state index < -0.39 is 0 Å². The average Bonchev–Trinajstić information content (AvgIpc) is 3.04. The third kappa shape index (κ3) is 2.19. The molecule has 0 fully saturated rings. The van der Waals surface area contributed by atoms with Crippen LogP contribution >= 0.6 is 11.6 Å². The largest absolute Gasteiger partial charge is 0.308 e. The molecule has 0 aliphatic rings. The monoisotopic (exact) mass is 325 g/mol. The minimum absolute atomic E-state index is 0.115. The maximum Gasteiger partial charge on any atom is 0.262 e. The lowest BCUT2D eigenvalue weighted by Crippen LogP contribution is -2.24. The molecule has 0 spiro atoms. The second-order valence-electron chi connectivity index (χ2n) is 5.28. The van der Waals surface area contributed by atoms with E-state index in [4.69, 9.17) is 11.6 Å². The zero-order valence-corrected chi connectivity index (χ0v) is 13.0. The predicted octanol–water partition coefficient (Wildman–Crippen LogP) is 2.70. The number of fused-ring (bicyclic) bond motifs is 3. The van der Waals surface area contributed by atoms with Gasteiger partial charge in [-0.15, -0.1) is 0 Å². The summed E-state index contributed by atoms with van der Waals surface area (Å²) in [6.07, 6.45) is 4.74. The van der Waals surface area contributed by atoms with E-state index in [0.717, 1.165) is 5.56 Å². The fraction of sp³-hybridized carbons (Fsp3) is 0.125. The zero-order chi connectivity index (χ0) is 16.0. The van der Waals surface area contributed by atoms with Crippen LogP contribution < -0.4 is 5.56 Å². The first-order chi connectivity index (χ1) is 11.1. The summed E-state index contributed by atoms with van der Waals surface area (Å²) in [7, 11) is 0. The van der Waals surface area contributed by atoms with Crippen molar-refractivity contribution in [2.75, 3.05) is 0 Å². The Labute approximate surface area is 136 Å². The maximum absolute atomic E-state index is 12.8. The summed E-state index contributed by atoms with van der Waals surface area (Å²) in [6, 6.07) is 9.22. The lowest BCUT2D eigenvalue weighted by atomic mass is 10.1. The molecule has 0 amide bonds. The van der Waals surface area contributed by atoms with E-state index >= 15 is 0 Å². The van der Waals surface area contributed by atoms with Gasteiger partial charge in [0.15, 0.2) is 0 Å². The molecular formula is C16H12ClN5O. The Balaban J connectivity index is 1.90. The van der Waals surface area contributed by atoms with E-state index in [-0.39, 0.29) is 11.6 Å². The third-order valence-corrected chi connectivity index (χ3v) is 4.22. The van der Waals surface area contributed by atoms with Gasteiger partial charge >= 0.3 is 0 Å². The molecule has 23 heavy (non-hydrogen) atoms. The van der Waals surface area contributed by atoms with Gasteiger partial charge < -0.3 is 4.57 Å². The fourth-order valence-electron chi connectivity index (χ4n) is 2.69. The Bertz CT molecular complexity index is 1070. The summed E-state index contributed by atoms with van der Waals surface area (Å²) in [6.45, 7) is 1.97. The highest BCUT2D eigenvalue weighted by atomic mass is 35.5. The Morgan fingerprint density at radius 2 is 1.91 bits per heavy atom. The summed E-state index contributed by atoms with van der Waals surface area (Å²) in [5.41, 5.74) is 1.58. The van der Waals surface area contributed by atoms with Gasteiger partial charge in [0.05, 0.1) is 16.9 Å². The lowest BCUT2D eigenvalue weighted by Gasteiger charge is -2.16. The molecule has 4 aromatic rings. The topological polar surface area (TPSA) is 65.1 Å². The van der Waals surface area contributed by atoms with Gasteiger partial charge in [0.2, 0.25) is 0 Å². The number of benzene rings is 1. The van der Waals surface area contributed by atoms with Gasteiger partial charge in [0, 0.05) is 17.4 Å². The van der Waals surface area contributed by atoms with Gasteiger partial charge in [0.25, 0.3) is 11.3 Å². The molecule has 0 radical (unpaired) electrons. The number of aromatic nitrogens is 5. The van der Waals surface area contributed by atoms with Gasteiger partial charge in [0.1, 0.15) is 6.33 Å². The van der Waals surface area contributed by atoms with Crippen LogP contribution in [0.4, 0.5) is 0 Å². The molecular weight excluding hydrogens is 314 g/mol. The van der Waals surface area contributed by atoms with Crippen molar-refractivity contribution >= 4 is 28.3 Å². The molecule has 0 saturated heterocycles. The highest BCUT2D eigenvalue weighted by Crippen LogP contribution is 2.20. The van der Waals surface area contributed by atoms with E-state index in [1.807, 2.05) is 37.3 Å². The molecule has 0 aliphatic carbocycles. The smallest absolute Gasteiger partial charge is 0.262 e. The van der Waals surface area contributed by atoms with Crippen molar-refractivity contribution in [3.63, 3.8) is 0 Å². The van der Waals surface area contributed by atoms with Crippen molar-refractivity contribution in [3.05, 3.63) is 70.0 Å². The van der Waals surface area contributed by atoms with E-state index in [2.05, 4.69) is 15.1 Å². The number of hydrogen-bond donors (Lipinski definition) is 0. The quantitative estimate of drug-likeness (QED) is 0.568. The highest BCUT2D eigenvalue weighted by molar-refractivity contribution is 6.30. The average molecular weight is 326 g/mol. The molecule has 1 unspecified atom stereocenters. The summed E-state index contributed by atoms with van der Waals surface area (Å²) < 4.78 is 3.24. The van der Waals surface area contributed by atoms with E-state index in [0.29, 0.717) is 21.7 Å². The summed E-state index contributed by atoms with van der Waals surface area (Å²) >= 11 is 5.92. The van der Waals surface area contributed by atoms with Gasteiger partial charge in [-0.25, -0.2) is 4.98 Å². The number of nitrogens with zero attached hydrogens (tertiary/aromatic N) is 5. The van der Waals surface area contributed by atoms with Gasteiger partial charge in [-0.3, -0.25) is 4.79 Å². The van der Waals surface area contributed by atoms with Crippen LogP contribution in [0.15, 0.2) is 53.8 Å². The van der Waals surface area contributed by atoms with Crippen LogP contribution in [0.25, 0.3) is 16.7 Å². The number of halogens is 1. The normalized spacial score (nSPS) is 12.8. The first kappa shape index (κ1) is 13.9. The van der Waals surface area contributed by atoms with Crippen molar-refractivity contribution in [2.24, 2.45) is 0 Å². The number of rotatable bonds is 2. The molecule has 114 valence electrons. The van der Waals surface area contributed by atoms with Crippen LogP contribution in [0.3, 0.4) is 0 Å². The Morgan fingerprint density at radius 1 is 1.13 bits per heavy atom. The fourth-order valence-corrected chi connectivity index (χ4v) is 2.81. The zero-order valence-electron chi connectivity index (χ0n) is 12.2. The molecule has 0 saturated carbocycles. The van der Waals surface area contributed by atoms with Crippen molar-refractivity contribution < 1.29 is 0 Å². The SMILES string of the molecule is CC(c1ccc(Cl)cc1)n1ccc2c(cnc3ncnn32)c1=O. The van der Waals surface area contributed by atoms with Crippen LogP contribution in [0, 0.1) is 0 Å².